The van der Waals surface area contributed by atoms with Crippen molar-refractivity contribution in [3.05, 3.63) is 54.6 Å². The zero-order valence-electron chi connectivity index (χ0n) is 12.4. The molecular formula is C18H25NO. The summed E-state index contributed by atoms with van der Waals surface area (Å²) >= 11 is 0. The molecule has 0 bridgehead atoms. The van der Waals surface area contributed by atoms with E-state index in [0.717, 1.165) is 18.7 Å². The van der Waals surface area contributed by atoms with Crippen LogP contribution in [0.5, 0.6) is 0 Å². The van der Waals surface area contributed by atoms with E-state index in [1.807, 2.05) is 23.3 Å². The van der Waals surface area contributed by atoms with Crippen molar-refractivity contribution in [1.82, 2.24) is 0 Å². The van der Waals surface area contributed by atoms with Gasteiger partial charge in [-0.15, -0.1) is 0 Å². The molecule has 0 spiro atoms. The van der Waals surface area contributed by atoms with Crippen LogP contribution in [-0.2, 0) is 4.84 Å². The molecule has 0 N–H and O–H groups in total. The molecule has 2 rings (SSSR count). The number of hydrogen-bond acceptors (Lipinski definition) is 2. The fourth-order valence-corrected chi connectivity index (χ4v) is 2.29. The second kappa shape index (κ2) is 8.60. The first-order valence-electron chi connectivity index (χ1n) is 7.71. The minimum atomic E-state index is 0.159. The van der Waals surface area contributed by atoms with Crippen molar-refractivity contribution in [1.29, 1.82) is 0 Å². The summed E-state index contributed by atoms with van der Waals surface area (Å²) in [6, 6.07) is 10.3. The zero-order valence-corrected chi connectivity index (χ0v) is 12.4. The van der Waals surface area contributed by atoms with E-state index in [0.29, 0.717) is 0 Å². The first-order chi connectivity index (χ1) is 9.90. The van der Waals surface area contributed by atoms with Crippen LogP contribution in [0.1, 0.15) is 39.0 Å². The number of rotatable bonds is 7. The van der Waals surface area contributed by atoms with E-state index in [1.165, 1.54) is 25.7 Å². The Morgan fingerprint density at radius 2 is 2.05 bits per heavy atom. The molecule has 1 aliphatic rings. The van der Waals surface area contributed by atoms with Gasteiger partial charge in [0.05, 0.1) is 12.2 Å². The fourth-order valence-electron chi connectivity index (χ4n) is 2.29. The number of anilines is 1. The van der Waals surface area contributed by atoms with Crippen LogP contribution in [0.3, 0.4) is 0 Å². The molecular weight excluding hydrogens is 246 g/mol. The Hall–Kier alpha value is -1.54. The van der Waals surface area contributed by atoms with Crippen LogP contribution in [0.2, 0.25) is 0 Å². The largest absolute Gasteiger partial charge is 0.265 e. The standard InChI is InChI=1S/C18H25NO/c1-2-3-4-5-6-10-14-18-15-11-16-19(20-18)17-12-8-7-9-13-17/h6-13,15,18H,2-5,14,16H2,1H3/b10-6+/t18-/m1/s1. The quantitative estimate of drug-likeness (QED) is 0.517. The second-order valence-corrected chi connectivity index (χ2v) is 5.17. The first-order valence-corrected chi connectivity index (χ1v) is 7.71. The minimum Gasteiger partial charge on any atom is -0.265 e. The lowest BCUT2D eigenvalue weighted by Crippen LogP contribution is -2.32. The van der Waals surface area contributed by atoms with Crippen molar-refractivity contribution in [2.75, 3.05) is 11.6 Å². The lowest BCUT2D eigenvalue weighted by atomic mass is 10.1. The van der Waals surface area contributed by atoms with Crippen LogP contribution >= 0.6 is 0 Å². The molecule has 1 aromatic carbocycles. The maximum atomic E-state index is 6.00. The van der Waals surface area contributed by atoms with Crippen LogP contribution in [0, 0.1) is 0 Å². The summed E-state index contributed by atoms with van der Waals surface area (Å²) in [5.74, 6) is 0. The molecule has 0 saturated heterocycles. The Labute approximate surface area is 122 Å². The third kappa shape index (κ3) is 4.86. The summed E-state index contributed by atoms with van der Waals surface area (Å²) in [7, 11) is 0. The second-order valence-electron chi connectivity index (χ2n) is 5.17. The summed E-state index contributed by atoms with van der Waals surface area (Å²) in [6.45, 7) is 3.06. The summed E-state index contributed by atoms with van der Waals surface area (Å²) in [5.41, 5.74) is 1.12. The van der Waals surface area contributed by atoms with Gasteiger partial charge in [-0.25, -0.2) is 5.06 Å². The van der Waals surface area contributed by atoms with E-state index < -0.39 is 0 Å². The molecule has 2 heteroatoms. The Balaban J connectivity index is 1.76. The van der Waals surface area contributed by atoms with Gasteiger partial charge >= 0.3 is 0 Å². The van der Waals surface area contributed by atoms with Gasteiger partial charge in [-0.1, -0.05) is 62.3 Å². The van der Waals surface area contributed by atoms with Crippen molar-refractivity contribution >= 4 is 5.69 Å². The summed E-state index contributed by atoms with van der Waals surface area (Å²) in [5, 5.41) is 1.97. The molecule has 2 nitrogen and oxygen atoms in total. The molecule has 0 saturated carbocycles. The average molecular weight is 271 g/mol. The molecule has 1 aliphatic heterocycles. The average Bonchev–Trinajstić information content (AvgIpc) is 2.52. The van der Waals surface area contributed by atoms with Gasteiger partial charge in [-0.05, 0) is 31.4 Å². The van der Waals surface area contributed by atoms with E-state index in [1.54, 1.807) is 0 Å². The van der Waals surface area contributed by atoms with E-state index in [4.69, 9.17) is 4.84 Å². The van der Waals surface area contributed by atoms with Crippen molar-refractivity contribution in [2.24, 2.45) is 0 Å². The Bertz CT molecular complexity index is 424. The van der Waals surface area contributed by atoms with Crippen LogP contribution in [0.4, 0.5) is 5.69 Å². The van der Waals surface area contributed by atoms with Crippen molar-refractivity contribution in [2.45, 2.75) is 45.1 Å². The third-order valence-electron chi connectivity index (χ3n) is 3.44. The van der Waals surface area contributed by atoms with Crippen LogP contribution in [0.15, 0.2) is 54.6 Å². The number of hydroxylamine groups is 1. The van der Waals surface area contributed by atoms with Gasteiger partial charge in [-0.3, -0.25) is 4.84 Å². The molecule has 0 aromatic heterocycles. The molecule has 0 radical (unpaired) electrons. The molecule has 1 atom stereocenters. The highest BCUT2D eigenvalue weighted by Gasteiger charge is 2.15. The molecule has 108 valence electrons. The minimum absolute atomic E-state index is 0.159. The summed E-state index contributed by atoms with van der Waals surface area (Å²) < 4.78 is 0. The Morgan fingerprint density at radius 3 is 2.85 bits per heavy atom. The maximum absolute atomic E-state index is 6.00. The molecule has 0 fully saturated rings. The van der Waals surface area contributed by atoms with Crippen molar-refractivity contribution in [3.63, 3.8) is 0 Å². The van der Waals surface area contributed by atoms with Gasteiger partial charge in [0.15, 0.2) is 0 Å². The number of benzene rings is 1. The van der Waals surface area contributed by atoms with E-state index in [-0.39, 0.29) is 6.10 Å². The van der Waals surface area contributed by atoms with E-state index >= 15 is 0 Å². The lowest BCUT2D eigenvalue weighted by molar-refractivity contribution is 0.0608. The molecule has 0 unspecified atom stereocenters. The smallest absolute Gasteiger partial charge is 0.107 e. The highest BCUT2D eigenvalue weighted by atomic mass is 16.7. The summed E-state index contributed by atoms with van der Waals surface area (Å²) in [4.78, 5) is 6.00. The fraction of sp³-hybridized carbons (Fsp3) is 0.444. The van der Waals surface area contributed by atoms with Gasteiger partial charge in [0.1, 0.15) is 6.10 Å². The summed E-state index contributed by atoms with van der Waals surface area (Å²) in [6.07, 6.45) is 15.1. The Kier molecular flexibility index (Phi) is 6.39. The predicted molar refractivity (Wildman–Crippen MR) is 85.7 cm³/mol. The van der Waals surface area contributed by atoms with E-state index in [9.17, 15) is 0 Å². The molecule has 1 heterocycles. The number of unbranched alkanes of at least 4 members (excludes halogenated alkanes) is 3. The SMILES string of the molecule is CCCCC/C=C/C[C@@H]1C=CCN(c2ccccc2)O1. The topological polar surface area (TPSA) is 12.5 Å². The predicted octanol–water partition coefficient (Wildman–Crippen LogP) is 4.89. The van der Waals surface area contributed by atoms with Crippen molar-refractivity contribution in [3.8, 4) is 0 Å². The van der Waals surface area contributed by atoms with Gasteiger partial charge < -0.3 is 0 Å². The maximum Gasteiger partial charge on any atom is 0.107 e. The highest BCUT2D eigenvalue weighted by Crippen LogP contribution is 2.19. The Morgan fingerprint density at radius 1 is 1.20 bits per heavy atom. The van der Waals surface area contributed by atoms with Gasteiger partial charge in [-0.2, -0.15) is 0 Å². The normalized spacial score (nSPS) is 18.9. The third-order valence-corrected chi connectivity index (χ3v) is 3.44. The first kappa shape index (κ1) is 14.9. The van der Waals surface area contributed by atoms with Crippen LogP contribution in [0.25, 0.3) is 0 Å². The number of hydrogen-bond donors (Lipinski definition) is 0. The van der Waals surface area contributed by atoms with E-state index in [2.05, 4.69) is 43.4 Å². The number of nitrogens with zero attached hydrogens (tertiary/aromatic N) is 1. The van der Waals surface area contributed by atoms with Crippen LogP contribution in [-0.4, -0.2) is 12.6 Å². The number of para-hydroxylation sites is 1. The van der Waals surface area contributed by atoms with Gasteiger partial charge in [0.25, 0.3) is 0 Å². The monoisotopic (exact) mass is 271 g/mol. The molecule has 20 heavy (non-hydrogen) atoms. The highest BCUT2D eigenvalue weighted by molar-refractivity contribution is 5.44. The van der Waals surface area contributed by atoms with Crippen molar-refractivity contribution < 1.29 is 4.84 Å². The molecule has 0 aliphatic carbocycles. The zero-order chi connectivity index (χ0) is 14.0. The lowest BCUT2D eigenvalue weighted by Gasteiger charge is -2.29. The van der Waals surface area contributed by atoms with Crippen LogP contribution < -0.4 is 5.06 Å². The van der Waals surface area contributed by atoms with Gasteiger partial charge in [0, 0.05) is 0 Å². The number of allylic oxidation sites excluding steroid dienone is 1. The molecule has 0 amide bonds. The van der Waals surface area contributed by atoms with Gasteiger partial charge in [0.2, 0.25) is 0 Å². The molecule has 1 aromatic rings.